The second kappa shape index (κ2) is 8.44. The van der Waals surface area contributed by atoms with Gasteiger partial charge in [-0.2, -0.15) is 0 Å². The van der Waals surface area contributed by atoms with Crippen LogP contribution in [-0.2, 0) is 7.05 Å². The number of rotatable bonds is 2. The molecule has 0 unspecified atom stereocenters. The molecule has 5 aromatic rings. The van der Waals surface area contributed by atoms with Crippen molar-refractivity contribution in [3.63, 3.8) is 0 Å². The minimum absolute atomic E-state index is 0.229. The highest BCUT2D eigenvalue weighted by Crippen LogP contribution is 2.39. The predicted octanol–water partition coefficient (Wildman–Crippen LogP) is 4.14. The van der Waals surface area contributed by atoms with Crippen molar-refractivity contribution >= 4 is 21.5 Å². The van der Waals surface area contributed by atoms with Crippen molar-refractivity contribution in [1.82, 2.24) is 9.13 Å². The van der Waals surface area contributed by atoms with E-state index in [2.05, 4.69) is 0 Å². The van der Waals surface area contributed by atoms with E-state index < -0.39 is 102 Å². The zero-order valence-corrected chi connectivity index (χ0v) is 20.6. The van der Waals surface area contributed by atoms with Crippen LogP contribution in [0.1, 0.15) is 16.7 Å². The van der Waals surface area contributed by atoms with Crippen molar-refractivity contribution in [2.45, 2.75) is 20.8 Å². The summed E-state index contributed by atoms with van der Waals surface area (Å²) in [5.41, 5.74) is -12.7. The number of fused-ring (bicyclic) bond motifs is 2. The SMILES string of the molecule is Cc1c(F)c(F)c(-c2c(F)c(F)c(-n3c(=O)c4c(C)c5c(=O)n(C)c(=O)c5c(C)c4c3=O)c(F)c2F)c(F)c1F. The lowest BCUT2D eigenvalue weighted by Crippen LogP contribution is -2.27. The van der Waals surface area contributed by atoms with Crippen LogP contribution >= 0.6 is 0 Å². The van der Waals surface area contributed by atoms with Crippen molar-refractivity contribution < 1.29 is 35.1 Å². The molecule has 0 atom stereocenters. The Morgan fingerprint density at radius 3 is 1.07 bits per heavy atom. The standard InChI is InChI=1S/C26H12F8N2O4/c1-5-8-9(24(38)35(4)23(8)37)6(2)11-10(5)25(39)36(26(11)40)22-20(33)18(31)13(19(32)21(22)34)12-16(29)14(27)7(3)15(28)17(12)30/h1-4H3. The van der Waals surface area contributed by atoms with Gasteiger partial charge < -0.3 is 0 Å². The topological polar surface area (TPSA) is 78.1 Å². The molecule has 5 rings (SSSR count). The van der Waals surface area contributed by atoms with Crippen molar-refractivity contribution in [2.75, 3.05) is 0 Å². The smallest absolute Gasteiger partial charge is 0.266 e. The average Bonchev–Trinajstić information content (AvgIpc) is 3.31. The normalized spacial score (nSPS) is 11.9. The van der Waals surface area contributed by atoms with E-state index in [1.54, 1.807) is 0 Å². The van der Waals surface area contributed by atoms with Gasteiger partial charge in [-0.05, 0) is 31.9 Å². The maximum Gasteiger partial charge on any atom is 0.266 e. The van der Waals surface area contributed by atoms with Crippen LogP contribution in [0.3, 0.4) is 0 Å². The monoisotopic (exact) mass is 568 g/mol. The fraction of sp³-hybridized carbons (Fsp3) is 0.154. The van der Waals surface area contributed by atoms with Crippen LogP contribution in [0.15, 0.2) is 19.2 Å². The van der Waals surface area contributed by atoms with Gasteiger partial charge >= 0.3 is 0 Å². The fourth-order valence-electron chi connectivity index (χ4n) is 5.01. The lowest BCUT2D eigenvalue weighted by molar-refractivity contribution is 0.434. The summed E-state index contributed by atoms with van der Waals surface area (Å²) in [6.07, 6.45) is 0. The Hall–Kier alpha value is -4.62. The predicted molar refractivity (Wildman–Crippen MR) is 127 cm³/mol. The first-order valence-electron chi connectivity index (χ1n) is 11.1. The molecule has 0 radical (unpaired) electrons. The zero-order chi connectivity index (χ0) is 29.9. The molecule has 0 amide bonds. The largest absolute Gasteiger partial charge is 0.277 e. The first kappa shape index (κ1) is 27.0. The van der Waals surface area contributed by atoms with Gasteiger partial charge in [-0.3, -0.25) is 23.7 Å². The van der Waals surface area contributed by atoms with Crippen molar-refractivity contribution in [2.24, 2.45) is 7.05 Å². The fourth-order valence-corrected chi connectivity index (χ4v) is 5.01. The highest BCUT2D eigenvalue weighted by Gasteiger charge is 2.36. The van der Waals surface area contributed by atoms with Crippen LogP contribution in [0.25, 0.3) is 38.4 Å². The van der Waals surface area contributed by atoms with Crippen LogP contribution < -0.4 is 22.2 Å². The summed E-state index contributed by atoms with van der Waals surface area (Å²) in [5.74, 6) is -19.1. The highest BCUT2D eigenvalue weighted by atomic mass is 19.2. The lowest BCUT2D eigenvalue weighted by Gasteiger charge is -2.15. The van der Waals surface area contributed by atoms with Crippen molar-refractivity contribution in [3.8, 4) is 16.8 Å². The minimum atomic E-state index is -2.58. The van der Waals surface area contributed by atoms with E-state index in [4.69, 9.17) is 0 Å². The number of aromatic nitrogens is 2. The lowest BCUT2D eigenvalue weighted by atomic mass is 9.98. The molecule has 206 valence electrons. The van der Waals surface area contributed by atoms with E-state index in [0.717, 1.165) is 7.05 Å². The number of hydrogen-bond acceptors (Lipinski definition) is 4. The molecule has 2 heterocycles. The minimum Gasteiger partial charge on any atom is -0.277 e. The molecule has 0 aliphatic rings. The molecule has 0 saturated carbocycles. The Kier molecular flexibility index (Phi) is 5.69. The van der Waals surface area contributed by atoms with Crippen molar-refractivity contribution in [3.05, 3.63) is 105 Å². The van der Waals surface area contributed by atoms with Crippen molar-refractivity contribution in [1.29, 1.82) is 0 Å². The van der Waals surface area contributed by atoms with Gasteiger partial charge in [-0.25, -0.2) is 39.7 Å². The third-order valence-corrected chi connectivity index (χ3v) is 7.07. The van der Waals surface area contributed by atoms with Crippen LogP contribution in [0.4, 0.5) is 35.1 Å². The van der Waals surface area contributed by atoms with E-state index >= 15 is 17.6 Å². The number of aryl methyl sites for hydroxylation is 2. The summed E-state index contributed by atoms with van der Waals surface area (Å²) < 4.78 is 118. The van der Waals surface area contributed by atoms with E-state index in [1.165, 1.54) is 13.8 Å². The van der Waals surface area contributed by atoms with E-state index in [0.29, 0.717) is 11.5 Å². The first-order chi connectivity index (χ1) is 18.6. The van der Waals surface area contributed by atoms with Gasteiger partial charge in [0.1, 0.15) is 5.69 Å². The third kappa shape index (κ3) is 3.04. The summed E-state index contributed by atoms with van der Waals surface area (Å²) in [4.78, 5) is 51.7. The van der Waals surface area contributed by atoms with Gasteiger partial charge in [0.25, 0.3) is 22.2 Å². The molecular weight excluding hydrogens is 556 g/mol. The van der Waals surface area contributed by atoms with Gasteiger partial charge in [-0.15, -0.1) is 0 Å². The molecule has 0 aliphatic carbocycles. The molecule has 3 aromatic carbocycles. The number of nitrogens with zero attached hydrogens (tertiary/aromatic N) is 2. The molecule has 40 heavy (non-hydrogen) atoms. The van der Waals surface area contributed by atoms with Gasteiger partial charge in [0.05, 0.1) is 32.7 Å². The average molecular weight is 568 g/mol. The van der Waals surface area contributed by atoms with Gasteiger partial charge in [-0.1, -0.05) is 0 Å². The van der Waals surface area contributed by atoms with Gasteiger partial charge in [0.2, 0.25) is 0 Å². The van der Waals surface area contributed by atoms with Crippen LogP contribution in [0, 0.1) is 67.3 Å². The molecule has 0 saturated heterocycles. The maximum atomic E-state index is 15.3. The molecule has 0 N–H and O–H groups in total. The Morgan fingerprint density at radius 2 is 0.725 bits per heavy atom. The van der Waals surface area contributed by atoms with Gasteiger partial charge in [0.15, 0.2) is 46.5 Å². The van der Waals surface area contributed by atoms with Crippen LogP contribution in [0.5, 0.6) is 0 Å². The number of benzene rings is 3. The second-order valence-corrected chi connectivity index (χ2v) is 9.10. The highest BCUT2D eigenvalue weighted by molar-refractivity contribution is 6.05. The molecule has 6 nitrogen and oxygen atoms in total. The summed E-state index contributed by atoms with van der Waals surface area (Å²) in [5, 5.41) is -1.70. The number of halogens is 8. The zero-order valence-electron chi connectivity index (χ0n) is 20.6. The molecule has 0 bridgehead atoms. The summed E-state index contributed by atoms with van der Waals surface area (Å²) in [6.45, 7) is 2.93. The quantitative estimate of drug-likeness (QED) is 0.237. The molecule has 0 aliphatic heterocycles. The second-order valence-electron chi connectivity index (χ2n) is 9.10. The van der Waals surface area contributed by atoms with E-state index in [1.807, 2.05) is 0 Å². The van der Waals surface area contributed by atoms with E-state index in [-0.39, 0.29) is 26.5 Å². The first-order valence-corrected chi connectivity index (χ1v) is 11.1. The molecule has 2 aromatic heterocycles. The summed E-state index contributed by atoms with van der Waals surface area (Å²) >= 11 is 0. The Morgan fingerprint density at radius 1 is 0.425 bits per heavy atom. The molecule has 14 heteroatoms. The molecule has 0 spiro atoms. The number of hydrogen-bond donors (Lipinski definition) is 0. The van der Waals surface area contributed by atoms with Gasteiger partial charge in [0, 0.05) is 12.6 Å². The summed E-state index contributed by atoms with van der Waals surface area (Å²) in [6, 6.07) is 0. The Labute approximate surface area is 215 Å². The molecule has 0 fully saturated rings. The van der Waals surface area contributed by atoms with Crippen LogP contribution in [-0.4, -0.2) is 9.13 Å². The Bertz CT molecular complexity index is 2080. The Balaban J connectivity index is 1.95. The van der Waals surface area contributed by atoms with Crippen LogP contribution in [0.2, 0.25) is 0 Å². The maximum absolute atomic E-state index is 15.3. The molecular formula is C26H12F8N2O4. The van der Waals surface area contributed by atoms with E-state index in [9.17, 15) is 36.7 Å². The third-order valence-electron chi connectivity index (χ3n) is 7.07. The summed E-state index contributed by atoms with van der Waals surface area (Å²) in [7, 11) is 1.14.